The molecule has 0 saturated carbocycles. The predicted octanol–water partition coefficient (Wildman–Crippen LogP) is 0.372. The number of likely N-dealkylation sites (tertiary alicyclic amines) is 1. The Morgan fingerprint density at radius 3 is 3.04 bits per heavy atom. The van der Waals surface area contributed by atoms with Crippen molar-refractivity contribution in [3.63, 3.8) is 0 Å². The predicted molar refractivity (Wildman–Crippen MR) is 82.3 cm³/mol. The maximum absolute atomic E-state index is 11.6. The minimum Gasteiger partial charge on any atom is -0.472 e. The van der Waals surface area contributed by atoms with Gasteiger partial charge in [0, 0.05) is 18.5 Å². The number of urea groups is 1. The highest BCUT2D eigenvalue weighted by atomic mass is 16.5. The molecule has 2 fully saturated rings. The Morgan fingerprint density at radius 1 is 1.52 bits per heavy atom. The number of aryl methyl sites for hydroxylation is 1. The molecule has 3 N–H and O–H groups in total. The van der Waals surface area contributed by atoms with Gasteiger partial charge in [-0.15, -0.1) is 0 Å². The lowest BCUT2D eigenvalue weighted by molar-refractivity contribution is -0.125. The van der Waals surface area contributed by atoms with Crippen LogP contribution in [0.25, 0.3) is 0 Å². The van der Waals surface area contributed by atoms with Gasteiger partial charge >= 0.3 is 6.03 Å². The lowest BCUT2D eigenvalue weighted by Gasteiger charge is -2.17. The zero-order valence-corrected chi connectivity index (χ0v) is 12.8. The monoisotopic (exact) mass is 317 g/mol. The van der Waals surface area contributed by atoms with Crippen molar-refractivity contribution < 1.29 is 14.3 Å². The molecule has 1 aromatic heterocycles. The number of amides is 3. The SMILES string of the molecule is C=CC(=O)N1CC[C@H](Oc2nc(C3NNC(=O)N3)ccc2C)C1. The number of aromatic nitrogens is 1. The second-order valence-corrected chi connectivity index (χ2v) is 5.55. The average Bonchev–Trinajstić information content (AvgIpc) is 3.18. The average molecular weight is 317 g/mol. The maximum atomic E-state index is 11.6. The molecule has 2 atom stereocenters. The molecule has 3 rings (SSSR count). The van der Waals surface area contributed by atoms with Crippen LogP contribution < -0.4 is 20.9 Å². The topological polar surface area (TPSA) is 95.6 Å². The van der Waals surface area contributed by atoms with Gasteiger partial charge in [0.05, 0.1) is 12.2 Å². The highest BCUT2D eigenvalue weighted by molar-refractivity contribution is 5.87. The second kappa shape index (κ2) is 6.25. The summed E-state index contributed by atoms with van der Waals surface area (Å²) in [7, 11) is 0. The largest absolute Gasteiger partial charge is 0.472 e. The van der Waals surface area contributed by atoms with E-state index in [4.69, 9.17) is 4.74 Å². The number of pyridine rings is 1. The first-order valence-corrected chi connectivity index (χ1v) is 7.44. The van der Waals surface area contributed by atoms with Gasteiger partial charge in [0.15, 0.2) is 0 Å². The summed E-state index contributed by atoms with van der Waals surface area (Å²) in [5.74, 6) is 0.432. The Morgan fingerprint density at radius 2 is 2.35 bits per heavy atom. The standard InChI is InChI=1S/C15H19N5O3/c1-3-12(21)20-7-6-10(8-20)23-14-9(2)4-5-11(16-14)13-17-15(22)19-18-13/h3-5,10,13,18H,1,6-8H2,2H3,(H2,17,19,22)/t10-,13?/m0/s1. The summed E-state index contributed by atoms with van der Waals surface area (Å²) in [5.41, 5.74) is 6.82. The molecule has 2 aliphatic rings. The van der Waals surface area contributed by atoms with Gasteiger partial charge in [0.1, 0.15) is 12.3 Å². The van der Waals surface area contributed by atoms with E-state index >= 15 is 0 Å². The van der Waals surface area contributed by atoms with E-state index < -0.39 is 6.17 Å². The molecule has 8 heteroatoms. The highest BCUT2D eigenvalue weighted by Gasteiger charge is 2.28. The Balaban J connectivity index is 1.69. The van der Waals surface area contributed by atoms with Crippen molar-refractivity contribution >= 4 is 11.9 Å². The number of nitrogens with one attached hydrogen (secondary N) is 3. The molecule has 0 radical (unpaired) electrons. The molecule has 1 aromatic rings. The summed E-state index contributed by atoms with van der Waals surface area (Å²) < 4.78 is 5.96. The van der Waals surface area contributed by atoms with Crippen molar-refractivity contribution in [2.24, 2.45) is 0 Å². The van der Waals surface area contributed by atoms with Crippen LogP contribution in [0.4, 0.5) is 4.79 Å². The van der Waals surface area contributed by atoms with Crippen molar-refractivity contribution in [2.75, 3.05) is 13.1 Å². The summed E-state index contributed by atoms with van der Waals surface area (Å²) in [5, 5.41) is 2.70. The van der Waals surface area contributed by atoms with Crippen LogP contribution in [-0.4, -0.2) is 41.0 Å². The van der Waals surface area contributed by atoms with Crippen molar-refractivity contribution in [1.82, 2.24) is 26.1 Å². The molecular weight excluding hydrogens is 298 g/mol. The molecule has 23 heavy (non-hydrogen) atoms. The number of hydrogen-bond acceptors (Lipinski definition) is 5. The van der Waals surface area contributed by atoms with Crippen LogP contribution in [-0.2, 0) is 4.79 Å². The molecule has 0 aromatic carbocycles. The molecule has 0 spiro atoms. The van der Waals surface area contributed by atoms with E-state index in [0.717, 1.165) is 12.0 Å². The first-order chi connectivity index (χ1) is 11.1. The Kier molecular flexibility index (Phi) is 4.16. The van der Waals surface area contributed by atoms with E-state index in [0.29, 0.717) is 24.7 Å². The summed E-state index contributed by atoms with van der Waals surface area (Å²) in [4.78, 5) is 29.0. The van der Waals surface area contributed by atoms with E-state index in [-0.39, 0.29) is 18.0 Å². The maximum Gasteiger partial charge on any atom is 0.330 e. The van der Waals surface area contributed by atoms with E-state index in [9.17, 15) is 9.59 Å². The smallest absolute Gasteiger partial charge is 0.330 e. The second-order valence-electron chi connectivity index (χ2n) is 5.55. The number of ether oxygens (including phenoxy) is 1. The zero-order valence-electron chi connectivity index (χ0n) is 12.8. The van der Waals surface area contributed by atoms with Crippen LogP contribution in [0.5, 0.6) is 5.88 Å². The van der Waals surface area contributed by atoms with Crippen molar-refractivity contribution in [3.8, 4) is 5.88 Å². The lowest BCUT2D eigenvalue weighted by Crippen LogP contribution is -2.30. The van der Waals surface area contributed by atoms with Crippen molar-refractivity contribution in [2.45, 2.75) is 25.6 Å². The number of carbonyl (C=O) groups is 2. The molecule has 0 bridgehead atoms. The Hall–Kier alpha value is -2.61. The van der Waals surface area contributed by atoms with E-state index in [1.54, 1.807) is 4.90 Å². The van der Waals surface area contributed by atoms with Gasteiger partial charge in [-0.25, -0.2) is 15.2 Å². The Bertz CT molecular complexity index is 648. The molecule has 2 aliphatic heterocycles. The molecule has 122 valence electrons. The minimum absolute atomic E-state index is 0.0847. The van der Waals surface area contributed by atoms with Crippen LogP contribution >= 0.6 is 0 Å². The van der Waals surface area contributed by atoms with E-state index in [2.05, 4.69) is 27.7 Å². The molecular formula is C15H19N5O3. The summed E-state index contributed by atoms with van der Waals surface area (Å²) in [6.07, 6.45) is 1.58. The van der Waals surface area contributed by atoms with Crippen molar-refractivity contribution in [3.05, 3.63) is 36.0 Å². The number of rotatable bonds is 4. The Labute approximate surface area is 133 Å². The van der Waals surface area contributed by atoms with Crippen LogP contribution in [0.15, 0.2) is 24.8 Å². The highest BCUT2D eigenvalue weighted by Crippen LogP contribution is 2.22. The van der Waals surface area contributed by atoms with E-state index in [1.165, 1.54) is 6.08 Å². The normalized spacial score (nSPS) is 23.3. The van der Waals surface area contributed by atoms with Gasteiger partial charge in [-0.1, -0.05) is 12.6 Å². The first kappa shape index (κ1) is 15.3. The summed E-state index contributed by atoms with van der Waals surface area (Å²) in [6, 6.07) is 3.43. The number of nitrogens with zero attached hydrogens (tertiary/aromatic N) is 2. The first-order valence-electron chi connectivity index (χ1n) is 7.44. The molecule has 3 amide bonds. The third kappa shape index (κ3) is 3.26. The van der Waals surface area contributed by atoms with Gasteiger partial charge in [0.25, 0.3) is 0 Å². The van der Waals surface area contributed by atoms with Gasteiger partial charge in [-0.2, -0.15) is 0 Å². The van der Waals surface area contributed by atoms with E-state index in [1.807, 2.05) is 19.1 Å². The fourth-order valence-electron chi connectivity index (χ4n) is 2.60. The number of hydrazine groups is 1. The van der Waals surface area contributed by atoms with Crippen LogP contribution in [0.3, 0.4) is 0 Å². The fraction of sp³-hybridized carbons (Fsp3) is 0.400. The third-order valence-corrected chi connectivity index (χ3v) is 3.88. The van der Waals surface area contributed by atoms with Gasteiger partial charge < -0.3 is 15.0 Å². The molecule has 8 nitrogen and oxygen atoms in total. The van der Waals surface area contributed by atoms with Crippen LogP contribution in [0.1, 0.15) is 23.8 Å². The van der Waals surface area contributed by atoms with Crippen LogP contribution in [0.2, 0.25) is 0 Å². The fourth-order valence-corrected chi connectivity index (χ4v) is 2.60. The lowest BCUT2D eigenvalue weighted by atomic mass is 10.2. The summed E-state index contributed by atoms with van der Waals surface area (Å²) >= 11 is 0. The van der Waals surface area contributed by atoms with Crippen molar-refractivity contribution in [1.29, 1.82) is 0 Å². The minimum atomic E-state index is -0.395. The molecule has 1 unspecified atom stereocenters. The van der Waals surface area contributed by atoms with Gasteiger partial charge in [0.2, 0.25) is 11.8 Å². The summed E-state index contributed by atoms with van der Waals surface area (Å²) in [6.45, 7) is 6.58. The third-order valence-electron chi connectivity index (χ3n) is 3.88. The number of hydrogen-bond donors (Lipinski definition) is 3. The van der Waals surface area contributed by atoms with Crippen LogP contribution in [0, 0.1) is 6.92 Å². The number of carbonyl (C=O) groups excluding carboxylic acids is 2. The zero-order chi connectivity index (χ0) is 16.4. The molecule has 3 heterocycles. The molecule has 2 saturated heterocycles. The quantitative estimate of drug-likeness (QED) is 0.698. The molecule has 0 aliphatic carbocycles. The van der Waals surface area contributed by atoms with Gasteiger partial charge in [-0.3, -0.25) is 10.2 Å². The van der Waals surface area contributed by atoms with Gasteiger partial charge in [-0.05, 0) is 19.1 Å².